The highest BCUT2D eigenvalue weighted by atomic mass is 35.5. The molecule has 1 amide bonds. The quantitative estimate of drug-likeness (QED) is 0.630. The van der Waals surface area contributed by atoms with E-state index in [1.165, 1.54) is 0 Å². The minimum atomic E-state index is -0.272. The summed E-state index contributed by atoms with van der Waals surface area (Å²) < 4.78 is 2.04. The summed E-state index contributed by atoms with van der Waals surface area (Å²) in [6, 6.07) is 1.79. The van der Waals surface area contributed by atoms with E-state index in [9.17, 15) is 4.79 Å². The van der Waals surface area contributed by atoms with Crippen LogP contribution in [-0.2, 0) is 17.8 Å². The third kappa shape index (κ3) is 3.61. The van der Waals surface area contributed by atoms with Crippen molar-refractivity contribution in [2.24, 2.45) is 5.73 Å². The Hall–Kier alpha value is -1.33. The Balaban J connectivity index is 2.19. The van der Waals surface area contributed by atoms with Gasteiger partial charge in [0.2, 0.25) is 5.91 Å². The fraction of sp³-hybridized carbons (Fsp3) is 0.462. The molecule has 0 bridgehead atoms. The van der Waals surface area contributed by atoms with Crippen LogP contribution in [0.3, 0.4) is 0 Å². The van der Waals surface area contributed by atoms with Crippen molar-refractivity contribution >= 4 is 40.3 Å². The third-order valence-electron chi connectivity index (χ3n) is 3.00. The maximum atomic E-state index is 10.7. The van der Waals surface area contributed by atoms with E-state index in [2.05, 4.69) is 9.97 Å². The first kappa shape index (κ1) is 15.1. The van der Waals surface area contributed by atoms with Crippen LogP contribution in [0.2, 0.25) is 5.02 Å². The van der Waals surface area contributed by atoms with E-state index in [0.29, 0.717) is 23.7 Å². The standard InChI is InChI=1S/C13H16Cl2N4O/c14-5-4-12-18-10-7-9(15)8-17-13(10)19(12)6-2-1-3-11(16)20/h7-8H,1-6H2,(H2,16,20). The average molecular weight is 315 g/mol. The summed E-state index contributed by atoms with van der Waals surface area (Å²) in [6.45, 7) is 0.741. The van der Waals surface area contributed by atoms with Crippen LogP contribution >= 0.6 is 23.2 Å². The van der Waals surface area contributed by atoms with Gasteiger partial charge in [0, 0.05) is 31.5 Å². The van der Waals surface area contributed by atoms with Crippen molar-refractivity contribution in [1.82, 2.24) is 14.5 Å². The number of amides is 1. The molecule has 0 aliphatic heterocycles. The van der Waals surface area contributed by atoms with Crippen molar-refractivity contribution in [2.45, 2.75) is 32.2 Å². The van der Waals surface area contributed by atoms with Gasteiger partial charge < -0.3 is 10.3 Å². The second kappa shape index (κ2) is 6.90. The minimum absolute atomic E-state index is 0.272. The van der Waals surface area contributed by atoms with Gasteiger partial charge in [-0.25, -0.2) is 9.97 Å². The number of hydrogen-bond acceptors (Lipinski definition) is 3. The maximum absolute atomic E-state index is 10.7. The first-order chi connectivity index (χ1) is 9.61. The number of unbranched alkanes of at least 4 members (excludes halogenated alkanes) is 1. The number of alkyl halides is 1. The van der Waals surface area contributed by atoms with E-state index in [1.807, 2.05) is 4.57 Å². The number of aromatic nitrogens is 3. The predicted molar refractivity (Wildman–Crippen MR) is 80.0 cm³/mol. The minimum Gasteiger partial charge on any atom is -0.370 e. The molecule has 2 aromatic heterocycles. The predicted octanol–water partition coefficient (Wildman–Crippen LogP) is 2.52. The maximum Gasteiger partial charge on any atom is 0.217 e. The first-order valence-electron chi connectivity index (χ1n) is 6.46. The Morgan fingerprint density at radius 3 is 2.90 bits per heavy atom. The lowest BCUT2D eigenvalue weighted by molar-refractivity contribution is -0.118. The van der Waals surface area contributed by atoms with Crippen LogP contribution in [0, 0.1) is 0 Å². The van der Waals surface area contributed by atoms with Gasteiger partial charge in [-0.2, -0.15) is 0 Å². The number of nitrogens with two attached hydrogens (primary N) is 1. The van der Waals surface area contributed by atoms with Crippen LogP contribution in [0.5, 0.6) is 0 Å². The van der Waals surface area contributed by atoms with E-state index in [0.717, 1.165) is 36.4 Å². The van der Waals surface area contributed by atoms with E-state index in [1.54, 1.807) is 12.3 Å². The molecule has 20 heavy (non-hydrogen) atoms. The molecule has 0 unspecified atom stereocenters. The Bertz CT molecular complexity index is 612. The lowest BCUT2D eigenvalue weighted by Gasteiger charge is -2.07. The van der Waals surface area contributed by atoms with Crippen molar-refractivity contribution in [2.75, 3.05) is 5.88 Å². The summed E-state index contributed by atoms with van der Waals surface area (Å²) in [5, 5.41) is 0.563. The van der Waals surface area contributed by atoms with Gasteiger partial charge in [0.1, 0.15) is 11.3 Å². The largest absolute Gasteiger partial charge is 0.370 e. The Morgan fingerprint density at radius 1 is 1.40 bits per heavy atom. The number of fused-ring (bicyclic) bond motifs is 1. The molecule has 0 aliphatic rings. The fourth-order valence-corrected chi connectivity index (χ4v) is 2.43. The summed E-state index contributed by atoms with van der Waals surface area (Å²) in [6.07, 6.45) is 4.27. The average Bonchev–Trinajstić information content (AvgIpc) is 2.72. The van der Waals surface area contributed by atoms with Crippen LogP contribution in [0.25, 0.3) is 11.2 Å². The molecule has 0 fully saturated rings. The molecule has 0 aromatic carbocycles. The molecule has 0 radical (unpaired) electrons. The number of carbonyl (C=O) groups excluding carboxylic acids is 1. The molecule has 0 spiro atoms. The van der Waals surface area contributed by atoms with Gasteiger partial charge in [0.15, 0.2) is 5.65 Å². The Kier molecular flexibility index (Phi) is 5.20. The second-order valence-electron chi connectivity index (χ2n) is 4.54. The molecule has 2 rings (SSSR count). The van der Waals surface area contributed by atoms with Crippen LogP contribution in [0.4, 0.5) is 0 Å². The third-order valence-corrected chi connectivity index (χ3v) is 3.40. The zero-order valence-electron chi connectivity index (χ0n) is 11.0. The van der Waals surface area contributed by atoms with Gasteiger partial charge >= 0.3 is 0 Å². The monoisotopic (exact) mass is 314 g/mol. The number of primary amides is 1. The molecule has 0 atom stereocenters. The number of imidazole rings is 1. The molecule has 0 saturated heterocycles. The number of nitrogens with zero attached hydrogens (tertiary/aromatic N) is 3. The molecule has 5 nitrogen and oxygen atoms in total. The fourth-order valence-electron chi connectivity index (χ4n) is 2.11. The highest BCUT2D eigenvalue weighted by molar-refractivity contribution is 6.31. The lowest BCUT2D eigenvalue weighted by Crippen LogP contribution is -2.11. The van der Waals surface area contributed by atoms with Crippen molar-refractivity contribution in [1.29, 1.82) is 0 Å². The summed E-state index contributed by atoms with van der Waals surface area (Å²) in [4.78, 5) is 19.6. The molecule has 108 valence electrons. The first-order valence-corrected chi connectivity index (χ1v) is 7.38. The molecule has 0 saturated carbocycles. The van der Waals surface area contributed by atoms with Crippen LogP contribution in [0.15, 0.2) is 12.3 Å². The number of pyridine rings is 1. The van der Waals surface area contributed by atoms with Gasteiger partial charge in [-0.3, -0.25) is 4.79 Å². The Labute approximate surface area is 127 Å². The van der Waals surface area contributed by atoms with Crippen LogP contribution < -0.4 is 5.73 Å². The summed E-state index contributed by atoms with van der Waals surface area (Å²) in [5.41, 5.74) is 6.70. The number of halogens is 2. The van der Waals surface area contributed by atoms with E-state index < -0.39 is 0 Å². The smallest absolute Gasteiger partial charge is 0.217 e. The number of rotatable bonds is 7. The molecule has 0 aliphatic carbocycles. The summed E-state index contributed by atoms with van der Waals surface area (Å²) in [7, 11) is 0. The summed E-state index contributed by atoms with van der Waals surface area (Å²) >= 11 is 11.7. The van der Waals surface area contributed by atoms with Gasteiger partial charge in [-0.15, -0.1) is 11.6 Å². The number of hydrogen-bond donors (Lipinski definition) is 1. The van der Waals surface area contributed by atoms with Crippen molar-refractivity contribution in [3.05, 3.63) is 23.1 Å². The van der Waals surface area contributed by atoms with Crippen molar-refractivity contribution < 1.29 is 4.79 Å². The highest BCUT2D eigenvalue weighted by Gasteiger charge is 2.11. The van der Waals surface area contributed by atoms with Gasteiger partial charge in [-0.05, 0) is 18.9 Å². The molecule has 2 heterocycles. The van der Waals surface area contributed by atoms with Crippen LogP contribution in [-0.4, -0.2) is 26.3 Å². The van der Waals surface area contributed by atoms with Crippen molar-refractivity contribution in [3.8, 4) is 0 Å². The van der Waals surface area contributed by atoms with Gasteiger partial charge in [0.05, 0.1) is 5.02 Å². The molecule has 2 N–H and O–H groups in total. The SMILES string of the molecule is NC(=O)CCCCn1c(CCCl)nc2cc(Cl)cnc21. The molecular weight excluding hydrogens is 299 g/mol. The van der Waals surface area contributed by atoms with E-state index in [4.69, 9.17) is 28.9 Å². The van der Waals surface area contributed by atoms with E-state index in [-0.39, 0.29) is 5.91 Å². The van der Waals surface area contributed by atoms with Gasteiger partial charge in [0.25, 0.3) is 0 Å². The second-order valence-corrected chi connectivity index (χ2v) is 5.35. The Morgan fingerprint density at radius 2 is 2.20 bits per heavy atom. The van der Waals surface area contributed by atoms with Crippen LogP contribution in [0.1, 0.15) is 25.1 Å². The topological polar surface area (TPSA) is 73.8 Å². The highest BCUT2D eigenvalue weighted by Crippen LogP contribution is 2.19. The number of carbonyl (C=O) groups is 1. The molecule has 7 heteroatoms. The van der Waals surface area contributed by atoms with Crippen molar-refractivity contribution in [3.63, 3.8) is 0 Å². The molecule has 2 aromatic rings. The molecular formula is C13H16Cl2N4O. The van der Waals surface area contributed by atoms with E-state index >= 15 is 0 Å². The summed E-state index contributed by atoms with van der Waals surface area (Å²) in [5.74, 6) is 1.12. The zero-order valence-corrected chi connectivity index (χ0v) is 12.5. The number of aryl methyl sites for hydroxylation is 2. The normalized spacial score (nSPS) is 11.1. The van der Waals surface area contributed by atoms with Gasteiger partial charge in [-0.1, -0.05) is 11.6 Å². The lowest BCUT2D eigenvalue weighted by atomic mass is 10.2. The zero-order chi connectivity index (χ0) is 14.5.